The van der Waals surface area contributed by atoms with Gasteiger partial charge in [0.2, 0.25) is 0 Å². The summed E-state index contributed by atoms with van der Waals surface area (Å²) in [6.07, 6.45) is 3.95. The highest BCUT2D eigenvalue weighted by molar-refractivity contribution is 7.11. The van der Waals surface area contributed by atoms with Crippen LogP contribution >= 0.6 is 11.3 Å². The van der Waals surface area contributed by atoms with Gasteiger partial charge in [0.15, 0.2) is 0 Å². The third kappa shape index (κ3) is 2.82. The molecule has 1 N–H and O–H groups in total. The van der Waals surface area contributed by atoms with Crippen molar-refractivity contribution < 1.29 is 0 Å². The van der Waals surface area contributed by atoms with Crippen LogP contribution in [0.2, 0.25) is 0 Å². The lowest BCUT2D eigenvalue weighted by Crippen LogP contribution is -2.29. The van der Waals surface area contributed by atoms with E-state index in [4.69, 9.17) is 0 Å². The van der Waals surface area contributed by atoms with E-state index >= 15 is 0 Å². The van der Waals surface area contributed by atoms with Gasteiger partial charge in [0.25, 0.3) is 0 Å². The molecule has 1 aliphatic rings. The van der Waals surface area contributed by atoms with Crippen molar-refractivity contribution in [3.63, 3.8) is 0 Å². The van der Waals surface area contributed by atoms with Gasteiger partial charge in [0.05, 0.1) is 0 Å². The predicted octanol–water partition coefficient (Wildman–Crippen LogP) is 2.74. The van der Waals surface area contributed by atoms with Crippen molar-refractivity contribution in [1.82, 2.24) is 5.32 Å². The van der Waals surface area contributed by atoms with E-state index in [0.29, 0.717) is 6.04 Å². The zero-order valence-corrected chi connectivity index (χ0v) is 9.16. The quantitative estimate of drug-likeness (QED) is 0.779. The molecule has 1 nitrogen and oxygen atoms in total. The van der Waals surface area contributed by atoms with E-state index in [2.05, 4.69) is 31.3 Å². The van der Waals surface area contributed by atoms with Crippen LogP contribution in [0.5, 0.6) is 0 Å². The Labute approximate surface area is 84.2 Å². The molecule has 72 valence electrons. The second-order valence-corrected chi connectivity index (χ2v) is 5.43. The van der Waals surface area contributed by atoms with Crippen LogP contribution in [0.25, 0.3) is 0 Å². The largest absolute Gasteiger partial charge is 0.311 e. The second-order valence-electron chi connectivity index (χ2n) is 4.06. The summed E-state index contributed by atoms with van der Waals surface area (Å²) in [6.45, 7) is 4.46. The molecule has 0 aliphatic heterocycles. The van der Waals surface area contributed by atoms with Gasteiger partial charge in [-0.15, -0.1) is 11.3 Å². The Morgan fingerprint density at radius 1 is 1.54 bits per heavy atom. The summed E-state index contributed by atoms with van der Waals surface area (Å²) in [5.41, 5.74) is 0. The van der Waals surface area contributed by atoms with E-state index in [1.54, 1.807) is 0 Å². The molecule has 2 rings (SSSR count). The Bertz CT molecular complexity index is 275. The Hall–Kier alpha value is -0.340. The number of rotatable bonds is 4. The molecular weight excluding hydrogens is 178 g/mol. The summed E-state index contributed by atoms with van der Waals surface area (Å²) in [5.74, 6) is 0. The molecule has 1 saturated carbocycles. The topological polar surface area (TPSA) is 12.0 Å². The Morgan fingerprint density at radius 3 is 2.85 bits per heavy atom. The van der Waals surface area contributed by atoms with Crippen molar-refractivity contribution in [2.75, 3.05) is 0 Å². The fourth-order valence-electron chi connectivity index (χ4n) is 1.61. The van der Waals surface area contributed by atoms with Crippen LogP contribution in [0.1, 0.15) is 29.5 Å². The SMILES string of the molecule is Cc1ccc(CC(C)NC2CC2)s1. The number of aryl methyl sites for hydroxylation is 1. The molecule has 1 heterocycles. The monoisotopic (exact) mass is 195 g/mol. The molecule has 1 aliphatic carbocycles. The Balaban J connectivity index is 1.82. The summed E-state index contributed by atoms with van der Waals surface area (Å²) >= 11 is 1.92. The molecule has 13 heavy (non-hydrogen) atoms. The fraction of sp³-hybridized carbons (Fsp3) is 0.636. The maximum Gasteiger partial charge on any atom is 0.00896 e. The first-order chi connectivity index (χ1) is 6.24. The van der Waals surface area contributed by atoms with Gasteiger partial charge in [-0.2, -0.15) is 0 Å². The minimum absolute atomic E-state index is 0.644. The van der Waals surface area contributed by atoms with Crippen LogP contribution in [0, 0.1) is 6.92 Å². The van der Waals surface area contributed by atoms with E-state index in [-0.39, 0.29) is 0 Å². The molecule has 1 aromatic heterocycles. The van der Waals surface area contributed by atoms with Crippen molar-refractivity contribution in [2.45, 2.75) is 45.2 Å². The number of nitrogens with one attached hydrogen (secondary N) is 1. The number of hydrogen-bond donors (Lipinski definition) is 1. The van der Waals surface area contributed by atoms with E-state index < -0.39 is 0 Å². The lowest BCUT2D eigenvalue weighted by atomic mass is 10.2. The van der Waals surface area contributed by atoms with Gasteiger partial charge in [-0.3, -0.25) is 0 Å². The summed E-state index contributed by atoms with van der Waals surface area (Å²) < 4.78 is 0. The Kier molecular flexibility index (Phi) is 2.70. The van der Waals surface area contributed by atoms with Crippen LogP contribution in [0.4, 0.5) is 0 Å². The molecule has 0 saturated heterocycles. The van der Waals surface area contributed by atoms with Crippen LogP contribution in [0.15, 0.2) is 12.1 Å². The van der Waals surface area contributed by atoms with Crippen LogP contribution in [0.3, 0.4) is 0 Å². The predicted molar refractivity (Wildman–Crippen MR) is 58.4 cm³/mol. The third-order valence-electron chi connectivity index (χ3n) is 2.40. The van der Waals surface area contributed by atoms with E-state index in [1.807, 2.05) is 11.3 Å². The van der Waals surface area contributed by atoms with Crippen LogP contribution < -0.4 is 5.32 Å². The highest BCUT2D eigenvalue weighted by Gasteiger charge is 2.22. The molecule has 0 amide bonds. The molecule has 1 unspecified atom stereocenters. The lowest BCUT2D eigenvalue weighted by Gasteiger charge is -2.11. The fourth-order valence-corrected chi connectivity index (χ4v) is 2.63. The molecule has 0 spiro atoms. The van der Waals surface area contributed by atoms with Gasteiger partial charge in [-0.1, -0.05) is 0 Å². The highest BCUT2D eigenvalue weighted by atomic mass is 32.1. The zero-order chi connectivity index (χ0) is 9.26. The molecule has 0 bridgehead atoms. The minimum atomic E-state index is 0.644. The average Bonchev–Trinajstić information content (AvgIpc) is 2.76. The molecule has 2 heteroatoms. The van der Waals surface area contributed by atoms with Crippen molar-refractivity contribution in [3.05, 3.63) is 21.9 Å². The molecule has 1 fully saturated rings. The minimum Gasteiger partial charge on any atom is -0.311 e. The van der Waals surface area contributed by atoms with Gasteiger partial charge in [-0.05, 0) is 45.2 Å². The van der Waals surface area contributed by atoms with Gasteiger partial charge in [0.1, 0.15) is 0 Å². The standard InChI is InChI=1S/C11H17NS/c1-8(12-10-4-5-10)7-11-6-3-9(2)13-11/h3,6,8,10,12H,4-5,7H2,1-2H3. The van der Waals surface area contributed by atoms with Crippen molar-refractivity contribution in [2.24, 2.45) is 0 Å². The first kappa shape index (κ1) is 9.22. The summed E-state index contributed by atoms with van der Waals surface area (Å²) in [5, 5.41) is 3.62. The van der Waals surface area contributed by atoms with Crippen LogP contribution in [-0.4, -0.2) is 12.1 Å². The van der Waals surface area contributed by atoms with Gasteiger partial charge < -0.3 is 5.32 Å². The van der Waals surface area contributed by atoms with Gasteiger partial charge in [-0.25, -0.2) is 0 Å². The van der Waals surface area contributed by atoms with Crippen molar-refractivity contribution in [1.29, 1.82) is 0 Å². The third-order valence-corrected chi connectivity index (χ3v) is 3.42. The van der Waals surface area contributed by atoms with Gasteiger partial charge >= 0.3 is 0 Å². The molecule has 1 aromatic rings. The highest BCUT2D eigenvalue weighted by Crippen LogP contribution is 2.21. The maximum atomic E-state index is 3.62. The molecule has 0 radical (unpaired) electrons. The summed E-state index contributed by atoms with van der Waals surface area (Å²) in [7, 11) is 0. The zero-order valence-electron chi connectivity index (χ0n) is 8.34. The van der Waals surface area contributed by atoms with E-state index in [0.717, 1.165) is 6.04 Å². The number of hydrogen-bond acceptors (Lipinski definition) is 2. The number of thiophene rings is 1. The Morgan fingerprint density at radius 2 is 2.31 bits per heavy atom. The van der Waals surface area contributed by atoms with Gasteiger partial charge in [0, 0.05) is 21.8 Å². The van der Waals surface area contributed by atoms with Crippen LogP contribution in [-0.2, 0) is 6.42 Å². The smallest absolute Gasteiger partial charge is 0.00896 e. The van der Waals surface area contributed by atoms with Crippen molar-refractivity contribution in [3.8, 4) is 0 Å². The van der Waals surface area contributed by atoms with Crippen molar-refractivity contribution >= 4 is 11.3 Å². The molecule has 1 atom stereocenters. The summed E-state index contributed by atoms with van der Waals surface area (Å²) in [6, 6.07) is 5.94. The lowest BCUT2D eigenvalue weighted by molar-refractivity contribution is 0.546. The first-order valence-corrected chi connectivity index (χ1v) is 5.87. The molecular formula is C11H17NS. The maximum absolute atomic E-state index is 3.62. The summed E-state index contributed by atoms with van der Waals surface area (Å²) in [4.78, 5) is 2.94. The average molecular weight is 195 g/mol. The molecule has 0 aromatic carbocycles. The first-order valence-electron chi connectivity index (χ1n) is 5.05. The second kappa shape index (κ2) is 3.81. The van der Waals surface area contributed by atoms with E-state index in [9.17, 15) is 0 Å². The van der Waals surface area contributed by atoms with E-state index in [1.165, 1.54) is 29.0 Å². The normalized spacial score (nSPS) is 18.9.